The van der Waals surface area contributed by atoms with Gasteiger partial charge in [0.15, 0.2) is 5.69 Å². The molecule has 0 radical (unpaired) electrons. The molecule has 2 amide bonds. The lowest BCUT2D eigenvalue weighted by molar-refractivity contribution is -0.117. The van der Waals surface area contributed by atoms with Crippen molar-refractivity contribution in [3.05, 3.63) is 53.9 Å². The first-order valence-corrected chi connectivity index (χ1v) is 9.91. The molecule has 1 heterocycles. The highest BCUT2D eigenvalue weighted by Crippen LogP contribution is 2.29. The molecule has 2 N–H and O–H groups in total. The summed E-state index contributed by atoms with van der Waals surface area (Å²) in [6.07, 6.45) is 0. The third-order valence-electron chi connectivity index (χ3n) is 4.60. The van der Waals surface area contributed by atoms with Crippen LogP contribution in [0.3, 0.4) is 0 Å². The fourth-order valence-corrected chi connectivity index (χ4v) is 2.94. The Morgan fingerprint density at radius 2 is 1.72 bits per heavy atom. The summed E-state index contributed by atoms with van der Waals surface area (Å²) in [7, 11) is 3.05. The summed E-state index contributed by atoms with van der Waals surface area (Å²) in [5, 5.41) is 13.4. The minimum Gasteiger partial charge on any atom is -0.497 e. The van der Waals surface area contributed by atoms with Crippen LogP contribution in [0.2, 0.25) is 0 Å². The summed E-state index contributed by atoms with van der Waals surface area (Å²) >= 11 is 0. The maximum Gasteiger partial charge on any atom is 0.278 e. The molecule has 10 nitrogen and oxygen atoms in total. The number of benzene rings is 2. The Morgan fingerprint density at radius 3 is 2.38 bits per heavy atom. The monoisotopic (exact) mass is 439 g/mol. The SMILES string of the molecule is CCOc1ccc(NC(=O)c2nnn(CC(=O)Nc3ccc(OC)cc3OC)c2C)cc1. The molecule has 2 aromatic carbocycles. The van der Waals surface area contributed by atoms with E-state index in [2.05, 4.69) is 20.9 Å². The van der Waals surface area contributed by atoms with Crippen molar-refractivity contribution in [2.75, 3.05) is 31.5 Å². The zero-order chi connectivity index (χ0) is 23.1. The molecule has 0 aliphatic carbocycles. The molecule has 1 aromatic heterocycles. The van der Waals surface area contributed by atoms with Gasteiger partial charge in [0.05, 0.1) is 32.2 Å². The molecule has 168 valence electrons. The van der Waals surface area contributed by atoms with E-state index in [1.54, 1.807) is 56.5 Å². The number of hydrogen-bond acceptors (Lipinski definition) is 7. The van der Waals surface area contributed by atoms with Gasteiger partial charge in [-0.2, -0.15) is 0 Å². The number of carbonyl (C=O) groups excluding carboxylic acids is 2. The van der Waals surface area contributed by atoms with E-state index < -0.39 is 5.91 Å². The number of anilines is 2. The van der Waals surface area contributed by atoms with Gasteiger partial charge in [-0.1, -0.05) is 5.21 Å². The van der Waals surface area contributed by atoms with Crippen LogP contribution in [-0.4, -0.2) is 47.6 Å². The lowest BCUT2D eigenvalue weighted by Crippen LogP contribution is -2.21. The summed E-state index contributed by atoms with van der Waals surface area (Å²) in [6, 6.07) is 12.1. The molecule has 32 heavy (non-hydrogen) atoms. The number of methoxy groups -OCH3 is 2. The largest absolute Gasteiger partial charge is 0.497 e. The number of ether oxygens (including phenoxy) is 3. The van der Waals surface area contributed by atoms with Crippen LogP contribution in [0.1, 0.15) is 23.1 Å². The van der Waals surface area contributed by atoms with E-state index >= 15 is 0 Å². The quantitative estimate of drug-likeness (QED) is 0.526. The first kappa shape index (κ1) is 22.6. The van der Waals surface area contributed by atoms with E-state index in [0.29, 0.717) is 40.9 Å². The number of hydrogen-bond donors (Lipinski definition) is 2. The van der Waals surface area contributed by atoms with Crippen molar-refractivity contribution < 1.29 is 23.8 Å². The molecule has 0 bridgehead atoms. The van der Waals surface area contributed by atoms with Crippen molar-refractivity contribution in [1.29, 1.82) is 0 Å². The molecule has 0 spiro atoms. The molecule has 0 aliphatic rings. The van der Waals surface area contributed by atoms with Gasteiger partial charge in [-0.15, -0.1) is 5.10 Å². The molecular weight excluding hydrogens is 414 g/mol. The lowest BCUT2D eigenvalue weighted by atomic mass is 10.2. The van der Waals surface area contributed by atoms with Gasteiger partial charge in [-0.05, 0) is 50.2 Å². The van der Waals surface area contributed by atoms with Gasteiger partial charge in [0.1, 0.15) is 23.8 Å². The number of aromatic nitrogens is 3. The van der Waals surface area contributed by atoms with Crippen LogP contribution in [0.15, 0.2) is 42.5 Å². The number of nitrogens with zero attached hydrogens (tertiary/aromatic N) is 3. The lowest BCUT2D eigenvalue weighted by Gasteiger charge is -2.12. The van der Waals surface area contributed by atoms with E-state index in [4.69, 9.17) is 14.2 Å². The van der Waals surface area contributed by atoms with Crippen LogP contribution in [0.5, 0.6) is 17.2 Å². The minimum atomic E-state index is -0.421. The minimum absolute atomic E-state index is 0.121. The number of nitrogens with one attached hydrogen (secondary N) is 2. The topological polar surface area (TPSA) is 117 Å². The molecular formula is C22H25N5O5. The third-order valence-corrected chi connectivity index (χ3v) is 4.60. The number of rotatable bonds is 9. The summed E-state index contributed by atoms with van der Waals surface area (Å²) < 4.78 is 17.2. The Bertz CT molecular complexity index is 1090. The molecule has 3 aromatic rings. The highest BCUT2D eigenvalue weighted by atomic mass is 16.5. The fourth-order valence-electron chi connectivity index (χ4n) is 2.94. The van der Waals surface area contributed by atoms with Crippen molar-refractivity contribution in [3.8, 4) is 17.2 Å². The first-order valence-electron chi connectivity index (χ1n) is 9.91. The van der Waals surface area contributed by atoms with Crippen molar-refractivity contribution in [1.82, 2.24) is 15.0 Å². The predicted octanol–water partition coefficient (Wildman–Crippen LogP) is 2.89. The fraction of sp³-hybridized carbons (Fsp3) is 0.273. The van der Waals surface area contributed by atoms with E-state index in [-0.39, 0.29) is 18.1 Å². The van der Waals surface area contributed by atoms with Crippen molar-refractivity contribution in [2.45, 2.75) is 20.4 Å². The second kappa shape index (κ2) is 10.3. The molecule has 10 heteroatoms. The summed E-state index contributed by atoms with van der Waals surface area (Å²) in [6.45, 7) is 4.01. The van der Waals surface area contributed by atoms with Gasteiger partial charge in [0.25, 0.3) is 5.91 Å². The third kappa shape index (κ3) is 5.34. The Kier molecular flexibility index (Phi) is 7.27. The van der Waals surface area contributed by atoms with Crippen LogP contribution < -0.4 is 24.8 Å². The highest BCUT2D eigenvalue weighted by molar-refractivity contribution is 6.03. The molecule has 0 unspecified atom stereocenters. The average Bonchev–Trinajstić information content (AvgIpc) is 3.15. The van der Waals surface area contributed by atoms with Gasteiger partial charge in [-0.3, -0.25) is 9.59 Å². The maximum absolute atomic E-state index is 12.6. The number of amides is 2. The Morgan fingerprint density at radius 1 is 1.00 bits per heavy atom. The van der Waals surface area contributed by atoms with Gasteiger partial charge >= 0.3 is 0 Å². The van der Waals surface area contributed by atoms with E-state index in [1.807, 2.05) is 6.92 Å². The molecule has 3 rings (SSSR count). The Hall–Kier alpha value is -4.08. The standard InChI is InChI=1S/C22H25N5O5/c1-5-32-16-8-6-15(7-9-16)23-22(29)21-14(2)27(26-25-21)13-20(28)24-18-11-10-17(30-3)12-19(18)31-4/h6-12H,5,13H2,1-4H3,(H,23,29)(H,24,28). The van der Waals surface area contributed by atoms with Gasteiger partial charge in [0.2, 0.25) is 5.91 Å². The van der Waals surface area contributed by atoms with Gasteiger partial charge < -0.3 is 24.8 Å². The summed E-state index contributed by atoms with van der Waals surface area (Å²) in [5.41, 5.74) is 1.68. The van der Waals surface area contributed by atoms with E-state index in [1.165, 1.54) is 11.8 Å². The van der Waals surface area contributed by atoms with Crippen molar-refractivity contribution >= 4 is 23.2 Å². The van der Waals surface area contributed by atoms with Gasteiger partial charge in [0, 0.05) is 11.8 Å². The van der Waals surface area contributed by atoms with Gasteiger partial charge in [-0.25, -0.2) is 4.68 Å². The van der Waals surface area contributed by atoms with Crippen LogP contribution in [0.25, 0.3) is 0 Å². The smallest absolute Gasteiger partial charge is 0.278 e. The molecule has 0 saturated carbocycles. The zero-order valence-electron chi connectivity index (χ0n) is 18.3. The average molecular weight is 439 g/mol. The molecule has 0 atom stereocenters. The zero-order valence-corrected chi connectivity index (χ0v) is 18.3. The second-order valence-corrected chi connectivity index (χ2v) is 6.71. The highest BCUT2D eigenvalue weighted by Gasteiger charge is 2.19. The van der Waals surface area contributed by atoms with Crippen LogP contribution in [0, 0.1) is 6.92 Å². The second-order valence-electron chi connectivity index (χ2n) is 6.71. The van der Waals surface area contributed by atoms with E-state index in [0.717, 1.165) is 0 Å². The number of carbonyl (C=O) groups is 2. The van der Waals surface area contributed by atoms with Crippen molar-refractivity contribution in [3.63, 3.8) is 0 Å². The van der Waals surface area contributed by atoms with E-state index in [9.17, 15) is 9.59 Å². The maximum atomic E-state index is 12.6. The Balaban J connectivity index is 1.65. The molecule has 0 saturated heterocycles. The first-order chi connectivity index (χ1) is 15.4. The van der Waals surface area contributed by atoms with Crippen LogP contribution >= 0.6 is 0 Å². The normalized spacial score (nSPS) is 10.4. The van der Waals surface area contributed by atoms with Crippen LogP contribution in [-0.2, 0) is 11.3 Å². The van der Waals surface area contributed by atoms with Crippen LogP contribution in [0.4, 0.5) is 11.4 Å². The summed E-state index contributed by atoms with van der Waals surface area (Å²) in [4.78, 5) is 25.1. The Labute approximate surface area is 185 Å². The predicted molar refractivity (Wildman–Crippen MR) is 118 cm³/mol. The molecule has 0 aliphatic heterocycles. The van der Waals surface area contributed by atoms with Crippen molar-refractivity contribution in [2.24, 2.45) is 0 Å². The summed E-state index contributed by atoms with van der Waals surface area (Å²) in [5.74, 6) is 1.01. The molecule has 0 fully saturated rings.